The maximum Gasteiger partial charge on any atom is 0.0995 e. The molecule has 0 amide bonds. The van der Waals surface area contributed by atoms with Gasteiger partial charge in [-0.2, -0.15) is 10.4 Å². The summed E-state index contributed by atoms with van der Waals surface area (Å²) in [5.74, 6) is 0.626. The highest BCUT2D eigenvalue weighted by Gasteiger charge is 2.28. The summed E-state index contributed by atoms with van der Waals surface area (Å²) in [7, 11) is 2.20. The number of hydrogen-bond acceptors (Lipinski definition) is 3. The number of rotatable bonds is 3. The SMILES string of the molecule is CN1CCc2c(c(C3CCCCC3)nn2Cc2ccccc2C#N)C1. The van der Waals surface area contributed by atoms with Crippen LogP contribution in [0.2, 0.25) is 0 Å². The minimum Gasteiger partial charge on any atom is -0.302 e. The number of fused-ring (bicyclic) bond motifs is 1. The standard InChI is InChI=1S/C21H26N4/c1-24-12-11-20-19(15-24)21(16-7-3-2-4-8-16)23-25(20)14-18-10-6-5-9-17(18)13-22/h5-6,9-10,16H,2-4,7-8,11-12,14-15H2,1H3. The van der Waals surface area contributed by atoms with Crippen LogP contribution in [0.25, 0.3) is 0 Å². The molecule has 1 fully saturated rings. The van der Waals surface area contributed by atoms with Crippen molar-refractivity contribution >= 4 is 0 Å². The highest BCUT2D eigenvalue weighted by atomic mass is 15.3. The normalized spacial score (nSPS) is 18.7. The van der Waals surface area contributed by atoms with E-state index in [-0.39, 0.29) is 0 Å². The fourth-order valence-corrected chi connectivity index (χ4v) is 4.42. The van der Waals surface area contributed by atoms with Gasteiger partial charge in [-0.05, 0) is 31.5 Å². The first kappa shape index (κ1) is 16.4. The topological polar surface area (TPSA) is 44.9 Å². The first-order valence-corrected chi connectivity index (χ1v) is 9.51. The Labute approximate surface area is 150 Å². The van der Waals surface area contributed by atoms with Gasteiger partial charge in [0, 0.05) is 36.7 Å². The largest absolute Gasteiger partial charge is 0.302 e. The maximum atomic E-state index is 9.39. The van der Waals surface area contributed by atoms with Crippen LogP contribution < -0.4 is 0 Å². The van der Waals surface area contributed by atoms with E-state index in [9.17, 15) is 5.26 Å². The van der Waals surface area contributed by atoms with Gasteiger partial charge in [-0.25, -0.2) is 0 Å². The zero-order valence-corrected chi connectivity index (χ0v) is 15.0. The average Bonchev–Trinajstić information content (AvgIpc) is 3.00. The number of likely N-dealkylation sites (N-methyl/N-ethyl adjacent to an activating group) is 1. The number of aromatic nitrogens is 2. The highest BCUT2D eigenvalue weighted by molar-refractivity contribution is 5.38. The zero-order chi connectivity index (χ0) is 17.2. The molecule has 130 valence electrons. The number of hydrogen-bond donors (Lipinski definition) is 0. The van der Waals surface area contributed by atoms with Crippen molar-refractivity contribution < 1.29 is 0 Å². The molecule has 0 radical (unpaired) electrons. The van der Waals surface area contributed by atoms with Crippen LogP contribution in [-0.4, -0.2) is 28.3 Å². The summed E-state index contributed by atoms with van der Waals surface area (Å²) in [6.07, 6.45) is 7.65. The molecule has 1 saturated carbocycles. The monoisotopic (exact) mass is 334 g/mol. The Morgan fingerprint density at radius 2 is 2.00 bits per heavy atom. The molecule has 0 atom stereocenters. The minimum atomic E-state index is 0.626. The molecule has 1 aromatic heterocycles. The Bertz CT molecular complexity index is 793. The molecule has 0 unspecified atom stereocenters. The van der Waals surface area contributed by atoms with E-state index in [0.717, 1.165) is 30.6 Å². The third-order valence-corrected chi connectivity index (χ3v) is 5.81. The Hall–Kier alpha value is -2.12. The molecule has 4 nitrogen and oxygen atoms in total. The van der Waals surface area contributed by atoms with Crippen molar-refractivity contribution in [2.24, 2.45) is 0 Å². The van der Waals surface area contributed by atoms with Gasteiger partial charge >= 0.3 is 0 Å². The lowest BCUT2D eigenvalue weighted by atomic mass is 9.84. The number of nitriles is 1. The lowest BCUT2D eigenvalue weighted by molar-refractivity contribution is 0.305. The molecule has 2 aromatic rings. The van der Waals surface area contributed by atoms with E-state index in [0.29, 0.717) is 12.5 Å². The predicted molar refractivity (Wildman–Crippen MR) is 98.4 cm³/mol. The zero-order valence-electron chi connectivity index (χ0n) is 15.0. The lowest BCUT2D eigenvalue weighted by Gasteiger charge is -2.26. The van der Waals surface area contributed by atoms with Gasteiger partial charge in [-0.15, -0.1) is 0 Å². The molecule has 2 heterocycles. The second kappa shape index (κ2) is 7.01. The van der Waals surface area contributed by atoms with Crippen molar-refractivity contribution in [3.05, 3.63) is 52.3 Å². The van der Waals surface area contributed by atoms with Crippen molar-refractivity contribution in [2.75, 3.05) is 13.6 Å². The summed E-state index contributed by atoms with van der Waals surface area (Å²) in [4.78, 5) is 2.41. The van der Waals surface area contributed by atoms with Gasteiger partial charge in [-0.1, -0.05) is 37.5 Å². The van der Waals surface area contributed by atoms with Gasteiger partial charge in [0.15, 0.2) is 0 Å². The Kier molecular flexibility index (Phi) is 4.59. The van der Waals surface area contributed by atoms with E-state index in [2.05, 4.69) is 28.8 Å². The summed E-state index contributed by atoms with van der Waals surface area (Å²) < 4.78 is 2.20. The van der Waals surface area contributed by atoms with Crippen LogP contribution in [-0.2, 0) is 19.5 Å². The molecule has 0 saturated heterocycles. The summed E-state index contributed by atoms with van der Waals surface area (Å²) in [5, 5.41) is 14.5. The number of benzene rings is 1. The van der Waals surface area contributed by atoms with E-state index in [4.69, 9.17) is 5.10 Å². The maximum absolute atomic E-state index is 9.39. The van der Waals surface area contributed by atoms with Gasteiger partial charge in [0.2, 0.25) is 0 Å². The van der Waals surface area contributed by atoms with Gasteiger partial charge in [-0.3, -0.25) is 4.68 Å². The molecule has 4 heteroatoms. The summed E-state index contributed by atoms with van der Waals surface area (Å²) in [6.45, 7) is 2.81. The van der Waals surface area contributed by atoms with Crippen LogP contribution in [0, 0.1) is 11.3 Å². The molecule has 1 aliphatic carbocycles. The van der Waals surface area contributed by atoms with Gasteiger partial charge in [0.1, 0.15) is 0 Å². The highest BCUT2D eigenvalue weighted by Crippen LogP contribution is 2.36. The molecule has 25 heavy (non-hydrogen) atoms. The molecular formula is C21H26N4. The average molecular weight is 334 g/mol. The minimum absolute atomic E-state index is 0.626. The Morgan fingerprint density at radius 3 is 2.80 bits per heavy atom. The van der Waals surface area contributed by atoms with Crippen molar-refractivity contribution in [3.8, 4) is 6.07 Å². The van der Waals surface area contributed by atoms with Crippen molar-refractivity contribution in [2.45, 2.75) is 57.5 Å². The van der Waals surface area contributed by atoms with E-state index in [1.807, 2.05) is 18.2 Å². The van der Waals surface area contributed by atoms with Crippen LogP contribution in [0.1, 0.15) is 66.1 Å². The Balaban J connectivity index is 1.71. The molecule has 0 bridgehead atoms. The summed E-state index contributed by atoms with van der Waals surface area (Å²) in [6, 6.07) is 10.2. The first-order chi connectivity index (χ1) is 12.3. The Morgan fingerprint density at radius 1 is 1.20 bits per heavy atom. The van der Waals surface area contributed by atoms with Gasteiger partial charge < -0.3 is 4.90 Å². The van der Waals surface area contributed by atoms with Crippen LogP contribution in [0.15, 0.2) is 24.3 Å². The van der Waals surface area contributed by atoms with Crippen LogP contribution in [0.3, 0.4) is 0 Å². The van der Waals surface area contributed by atoms with E-state index < -0.39 is 0 Å². The molecule has 2 aliphatic rings. The number of nitrogens with zero attached hydrogens (tertiary/aromatic N) is 4. The molecule has 0 spiro atoms. The second-order valence-corrected chi connectivity index (χ2v) is 7.56. The summed E-state index contributed by atoms with van der Waals surface area (Å²) >= 11 is 0. The van der Waals surface area contributed by atoms with Gasteiger partial charge in [0.05, 0.1) is 23.9 Å². The fraction of sp³-hybridized carbons (Fsp3) is 0.524. The van der Waals surface area contributed by atoms with E-state index in [1.54, 1.807) is 0 Å². The predicted octanol–water partition coefficient (Wildman–Crippen LogP) is 3.84. The van der Waals surface area contributed by atoms with Crippen LogP contribution in [0.5, 0.6) is 0 Å². The van der Waals surface area contributed by atoms with Gasteiger partial charge in [0.25, 0.3) is 0 Å². The van der Waals surface area contributed by atoms with Crippen molar-refractivity contribution in [1.82, 2.24) is 14.7 Å². The quantitative estimate of drug-likeness (QED) is 0.857. The van der Waals surface area contributed by atoms with Crippen LogP contribution in [0.4, 0.5) is 0 Å². The van der Waals surface area contributed by atoms with Crippen molar-refractivity contribution in [3.63, 3.8) is 0 Å². The molecule has 0 N–H and O–H groups in total. The first-order valence-electron chi connectivity index (χ1n) is 9.51. The molecule has 1 aromatic carbocycles. The summed E-state index contributed by atoms with van der Waals surface area (Å²) in [5.41, 5.74) is 6.04. The third-order valence-electron chi connectivity index (χ3n) is 5.81. The third kappa shape index (κ3) is 3.21. The fourth-order valence-electron chi connectivity index (χ4n) is 4.42. The lowest BCUT2D eigenvalue weighted by Crippen LogP contribution is -2.28. The molecule has 1 aliphatic heterocycles. The van der Waals surface area contributed by atoms with E-state index in [1.165, 1.54) is 49.1 Å². The second-order valence-electron chi connectivity index (χ2n) is 7.56. The van der Waals surface area contributed by atoms with E-state index >= 15 is 0 Å². The van der Waals surface area contributed by atoms with Crippen molar-refractivity contribution in [1.29, 1.82) is 5.26 Å². The molecule has 4 rings (SSSR count). The van der Waals surface area contributed by atoms with Crippen LogP contribution >= 0.6 is 0 Å². The molecular weight excluding hydrogens is 308 g/mol. The smallest absolute Gasteiger partial charge is 0.0995 e.